The van der Waals surface area contributed by atoms with Crippen LogP contribution in [0.25, 0.3) is 22.4 Å². The SMILES string of the molecule is N#Cc1c(-n2cccc2C#N)n(-c2ccc(O)c(F)c2F)c2ccccc12. The van der Waals surface area contributed by atoms with Crippen LogP contribution in [0.15, 0.2) is 54.7 Å². The van der Waals surface area contributed by atoms with Gasteiger partial charge >= 0.3 is 0 Å². The fraction of sp³-hybridized carbons (Fsp3) is 0. The molecule has 4 aromatic rings. The van der Waals surface area contributed by atoms with Crippen molar-refractivity contribution in [2.75, 3.05) is 0 Å². The monoisotopic (exact) mass is 360 g/mol. The Morgan fingerprint density at radius 2 is 1.67 bits per heavy atom. The zero-order chi connectivity index (χ0) is 19.1. The van der Waals surface area contributed by atoms with Crippen LogP contribution in [-0.4, -0.2) is 14.2 Å². The van der Waals surface area contributed by atoms with E-state index in [4.69, 9.17) is 0 Å². The molecule has 0 fully saturated rings. The van der Waals surface area contributed by atoms with Crippen LogP contribution in [-0.2, 0) is 0 Å². The normalized spacial score (nSPS) is 10.7. The number of aromatic hydroxyl groups is 1. The summed E-state index contributed by atoms with van der Waals surface area (Å²) in [4.78, 5) is 0. The Morgan fingerprint density at radius 3 is 2.41 bits per heavy atom. The first-order chi connectivity index (χ1) is 13.1. The van der Waals surface area contributed by atoms with Crippen LogP contribution in [0, 0.1) is 34.3 Å². The molecule has 0 atom stereocenters. The number of hydrogen-bond acceptors (Lipinski definition) is 3. The summed E-state index contributed by atoms with van der Waals surface area (Å²) in [7, 11) is 0. The van der Waals surface area contributed by atoms with Crippen LogP contribution in [0.3, 0.4) is 0 Å². The van der Waals surface area contributed by atoms with Gasteiger partial charge in [-0.05, 0) is 30.3 Å². The highest BCUT2D eigenvalue weighted by atomic mass is 19.2. The van der Waals surface area contributed by atoms with Crippen molar-refractivity contribution in [2.24, 2.45) is 0 Å². The Balaban J connectivity index is 2.22. The number of aromatic nitrogens is 2. The van der Waals surface area contributed by atoms with Crippen molar-refractivity contribution in [2.45, 2.75) is 0 Å². The summed E-state index contributed by atoms with van der Waals surface area (Å²) >= 11 is 0. The quantitative estimate of drug-likeness (QED) is 0.583. The van der Waals surface area contributed by atoms with Crippen molar-refractivity contribution in [1.82, 2.24) is 9.13 Å². The smallest absolute Gasteiger partial charge is 0.202 e. The molecule has 0 aliphatic heterocycles. The molecule has 2 aromatic heterocycles. The number of phenolic OH excluding ortho intramolecular Hbond substituents is 1. The molecule has 27 heavy (non-hydrogen) atoms. The van der Waals surface area contributed by atoms with E-state index in [9.17, 15) is 24.4 Å². The Morgan fingerprint density at radius 1 is 0.889 bits per heavy atom. The van der Waals surface area contributed by atoms with Crippen molar-refractivity contribution >= 4 is 10.9 Å². The van der Waals surface area contributed by atoms with Gasteiger partial charge in [0.1, 0.15) is 29.2 Å². The highest BCUT2D eigenvalue weighted by molar-refractivity contribution is 5.92. The largest absolute Gasteiger partial charge is 0.505 e. The Hall–Kier alpha value is -4.10. The molecule has 5 nitrogen and oxygen atoms in total. The van der Waals surface area contributed by atoms with Crippen LogP contribution in [0.4, 0.5) is 8.78 Å². The van der Waals surface area contributed by atoms with E-state index in [0.29, 0.717) is 10.9 Å². The number of phenols is 1. The number of hydrogen-bond donors (Lipinski definition) is 1. The van der Waals surface area contributed by atoms with Crippen molar-refractivity contribution in [3.63, 3.8) is 0 Å². The summed E-state index contributed by atoms with van der Waals surface area (Å²) in [5, 5.41) is 29.1. The fourth-order valence-electron chi connectivity index (χ4n) is 3.17. The lowest BCUT2D eigenvalue weighted by atomic mass is 10.2. The third-order valence-electron chi connectivity index (χ3n) is 4.34. The highest BCUT2D eigenvalue weighted by Gasteiger charge is 2.24. The molecule has 0 amide bonds. The molecule has 2 heterocycles. The molecule has 0 unspecified atom stereocenters. The van der Waals surface area contributed by atoms with Crippen LogP contribution in [0.2, 0.25) is 0 Å². The molecule has 0 saturated carbocycles. The summed E-state index contributed by atoms with van der Waals surface area (Å²) in [6.07, 6.45) is 1.57. The van der Waals surface area contributed by atoms with Gasteiger partial charge in [0.25, 0.3) is 0 Å². The van der Waals surface area contributed by atoms with Crippen LogP contribution in [0.1, 0.15) is 11.3 Å². The maximum Gasteiger partial charge on any atom is 0.202 e. The zero-order valence-corrected chi connectivity index (χ0v) is 13.7. The Bertz CT molecular complexity index is 1290. The average molecular weight is 360 g/mol. The number of halogens is 2. The van der Waals surface area contributed by atoms with Crippen molar-refractivity contribution in [3.05, 3.63) is 77.6 Å². The molecular weight excluding hydrogens is 350 g/mol. The van der Waals surface area contributed by atoms with E-state index >= 15 is 0 Å². The molecule has 0 bridgehead atoms. The average Bonchev–Trinajstić information content (AvgIpc) is 3.28. The van der Waals surface area contributed by atoms with Crippen molar-refractivity contribution in [1.29, 1.82) is 10.5 Å². The molecule has 0 radical (unpaired) electrons. The van der Waals surface area contributed by atoms with Gasteiger partial charge in [-0.25, -0.2) is 4.39 Å². The van der Waals surface area contributed by atoms with E-state index in [1.54, 1.807) is 42.6 Å². The third kappa shape index (κ3) is 2.26. The second kappa shape index (κ2) is 6.01. The van der Waals surface area contributed by atoms with Gasteiger partial charge in [-0.1, -0.05) is 18.2 Å². The van der Waals surface area contributed by atoms with E-state index in [2.05, 4.69) is 6.07 Å². The van der Waals surface area contributed by atoms with E-state index in [1.165, 1.54) is 15.2 Å². The summed E-state index contributed by atoms with van der Waals surface area (Å²) in [5.74, 6) is -3.24. The Labute approximate surface area is 152 Å². The van der Waals surface area contributed by atoms with E-state index < -0.39 is 17.4 Å². The van der Waals surface area contributed by atoms with E-state index in [1.807, 2.05) is 6.07 Å². The van der Waals surface area contributed by atoms with Crippen molar-refractivity contribution in [3.8, 4) is 29.4 Å². The molecule has 1 N–H and O–H groups in total. The predicted octanol–water partition coefficient (Wildman–Crippen LogP) is 4.15. The zero-order valence-electron chi connectivity index (χ0n) is 13.7. The molecule has 0 saturated heterocycles. The van der Waals surface area contributed by atoms with Gasteiger partial charge in [-0.2, -0.15) is 14.9 Å². The number of nitriles is 2. The lowest BCUT2D eigenvalue weighted by Gasteiger charge is -2.14. The van der Waals surface area contributed by atoms with Crippen LogP contribution in [0.5, 0.6) is 5.75 Å². The molecule has 4 rings (SSSR count). The fourth-order valence-corrected chi connectivity index (χ4v) is 3.17. The molecule has 2 aromatic carbocycles. The minimum Gasteiger partial charge on any atom is -0.505 e. The number of rotatable bonds is 2. The number of para-hydroxylation sites is 1. The molecular formula is C20H10F2N4O. The van der Waals surface area contributed by atoms with Gasteiger partial charge in [0.05, 0.1) is 11.2 Å². The summed E-state index contributed by atoms with van der Waals surface area (Å²) in [6, 6.07) is 16.3. The molecule has 0 aliphatic carbocycles. The predicted molar refractivity (Wildman–Crippen MR) is 93.6 cm³/mol. The summed E-state index contributed by atoms with van der Waals surface area (Å²) < 4.78 is 31.5. The topological polar surface area (TPSA) is 77.7 Å². The van der Waals surface area contributed by atoms with Gasteiger partial charge in [-0.3, -0.25) is 9.13 Å². The molecule has 130 valence electrons. The molecule has 0 spiro atoms. The Kier molecular flexibility index (Phi) is 3.64. The van der Waals surface area contributed by atoms with Gasteiger partial charge in [0, 0.05) is 11.6 Å². The second-order valence-electron chi connectivity index (χ2n) is 5.77. The first kappa shape index (κ1) is 16.4. The summed E-state index contributed by atoms with van der Waals surface area (Å²) in [5.41, 5.74) is 0.725. The minimum atomic E-state index is -1.39. The van der Waals surface area contributed by atoms with Gasteiger partial charge < -0.3 is 5.11 Å². The van der Waals surface area contributed by atoms with Gasteiger partial charge in [-0.15, -0.1) is 0 Å². The lowest BCUT2D eigenvalue weighted by Crippen LogP contribution is -2.08. The van der Waals surface area contributed by atoms with Crippen LogP contribution >= 0.6 is 0 Å². The second-order valence-corrected chi connectivity index (χ2v) is 5.77. The standard InChI is InChI=1S/C20H10F2N4O/c21-18-16(7-8-17(27)19(18)22)26-15-6-2-1-5-13(15)14(11-24)20(26)25-9-3-4-12(25)10-23/h1-9,27H. The number of benzene rings is 2. The molecule has 7 heteroatoms. The maximum absolute atomic E-state index is 14.7. The highest BCUT2D eigenvalue weighted by Crippen LogP contribution is 2.35. The maximum atomic E-state index is 14.7. The van der Waals surface area contributed by atoms with Crippen LogP contribution < -0.4 is 0 Å². The first-order valence-electron chi connectivity index (χ1n) is 7.87. The third-order valence-corrected chi connectivity index (χ3v) is 4.34. The molecule has 0 aliphatic rings. The van der Waals surface area contributed by atoms with Gasteiger partial charge in [0.2, 0.25) is 5.82 Å². The lowest BCUT2D eigenvalue weighted by molar-refractivity contribution is 0.406. The summed E-state index contributed by atoms with van der Waals surface area (Å²) in [6.45, 7) is 0. The van der Waals surface area contributed by atoms with Crippen molar-refractivity contribution < 1.29 is 13.9 Å². The number of fused-ring (bicyclic) bond motifs is 1. The number of nitrogens with zero attached hydrogens (tertiary/aromatic N) is 4. The first-order valence-corrected chi connectivity index (χ1v) is 7.87. The van der Waals surface area contributed by atoms with Gasteiger partial charge in [0.15, 0.2) is 11.6 Å². The minimum absolute atomic E-state index is 0.185. The van der Waals surface area contributed by atoms with E-state index in [-0.39, 0.29) is 22.8 Å². The van der Waals surface area contributed by atoms with E-state index in [0.717, 1.165) is 6.07 Å².